The van der Waals surface area contributed by atoms with E-state index in [1.54, 1.807) is 18.9 Å². The summed E-state index contributed by atoms with van der Waals surface area (Å²) in [4.78, 5) is 4.66. The summed E-state index contributed by atoms with van der Waals surface area (Å²) in [6.45, 7) is 4.55. The van der Waals surface area contributed by atoms with E-state index in [1.807, 2.05) is 18.2 Å². The van der Waals surface area contributed by atoms with Gasteiger partial charge in [-0.15, -0.1) is 11.8 Å². The van der Waals surface area contributed by atoms with Crippen molar-refractivity contribution >= 4 is 17.4 Å². The van der Waals surface area contributed by atoms with Gasteiger partial charge in [-0.1, -0.05) is 13.0 Å². The quantitative estimate of drug-likeness (QED) is 0.615. The van der Waals surface area contributed by atoms with E-state index in [0.717, 1.165) is 36.1 Å². The Balaban J connectivity index is 2.19. The standard InChI is InChI=1S/C13H19N3OS/c1-3-18-13-11(10-14-7-9-17-2)16-8-5-4-6-12(16)15-13/h4-6,8,14H,3,7,9-10H2,1-2H3. The number of pyridine rings is 1. The highest BCUT2D eigenvalue weighted by Gasteiger charge is 2.10. The Morgan fingerprint density at radius 3 is 3.11 bits per heavy atom. The predicted molar refractivity (Wildman–Crippen MR) is 75.2 cm³/mol. The van der Waals surface area contributed by atoms with Gasteiger partial charge in [-0.05, 0) is 17.9 Å². The van der Waals surface area contributed by atoms with E-state index >= 15 is 0 Å². The molecule has 2 aromatic rings. The van der Waals surface area contributed by atoms with Crippen LogP contribution in [0.2, 0.25) is 0 Å². The average molecular weight is 265 g/mol. The lowest BCUT2D eigenvalue weighted by Gasteiger charge is -2.06. The molecule has 2 heterocycles. The van der Waals surface area contributed by atoms with Crippen LogP contribution >= 0.6 is 11.8 Å². The van der Waals surface area contributed by atoms with Crippen LogP contribution in [0.25, 0.3) is 5.65 Å². The fourth-order valence-corrected chi connectivity index (χ4v) is 2.59. The van der Waals surface area contributed by atoms with Crippen LogP contribution in [-0.2, 0) is 11.3 Å². The van der Waals surface area contributed by atoms with E-state index < -0.39 is 0 Å². The number of imidazole rings is 1. The fourth-order valence-electron chi connectivity index (χ4n) is 1.82. The van der Waals surface area contributed by atoms with E-state index in [9.17, 15) is 0 Å². The summed E-state index contributed by atoms with van der Waals surface area (Å²) in [5.41, 5.74) is 2.24. The maximum atomic E-state index is 5.04. The third-order valence-corrected chi connectivity index (χ3v) is 3.54. The first-order chi connectivity index (χ1) is 8.86. The largest absolute Gasteiger partial charge is 0.383 e. The predicted octanol–water partition coefficient (Wildman–Crippen LogP) is 2.18. The summed E-state index contributed by atoms with van der Waals surface area (Å²) in [5.74, 6) is 1.04. The van der Waals surface area contributed by atoms with Gasteiger partial charge in [0, 0.05) is 26.4 Å². The van der Waals surface area contributed by atoms with Crippen LogP contribution in [0.4, 0.5) is 0 Å². The monoisotopic (exact) mass is 265 g/mol. The number of ether oxygens (including phenoxy) is 1. The molecular weight excluding hydrogens is 246 g/mol. The third kappa shape index (κ3) is 3.04. The molecule has 0 aliphatic carbocycles. The van der Waals surface area contributed by atoms with Crippen LogP contribution in [0.5, 0.6) is 0 Å². The molecule has 0 unspecified atom stereocenters. The van der Waals surface area contributed by atoms with E-state index in [1.165, 1.54) is 5.69 Å². The summed E-state index contributed by atoms with van der Waals surface area (Å²) < 4.78 is 7.19. The Hall–Kier alpha value is -1.04. The molecule has 0 fully saturated rings. The second-order valence-electron chi connectivity index (χ2n) is 3.90. The molecule has 0 aromatic carbocycles. The van der Waals surface area contributed by atoms with Gasteiger partial charge in [-0.2, -0.15) is 0 Å². The lowest BCUT2D eigenvalue weighted by Crippen LogP contribution is -2.19. The van der Waals surface area contributed by atoms with Crippen molar-refractivity contribution in [1.29, 1.82) is 0 Å². The number of rotatable bonds is 7. The van der Waals surface area contributed by atoms with Crippen LogP contribution in [0.15, 0.2) is 29.4 Å². The number of hydrogen-bond acceptors (Lipinski definition) is 4. The van der Waals surface area contributed by atoms with Crippen molar-refractivity contribution in [2.75, 3.05) is 26.0 Å². The molecule has 2 aromatic heterocycles. The summed E-state index contributed by atoms with van der Waals surface area (Å²) in [7, 11) is 1.72. The summed E-state index contributed by atoms with van der Waals surface area (Å²) in [5, 5.41) is 4.50. The highest BCUT2D eigenvalue weighted by atomic mass is 32.2. The molecule has 0 aliphatic heterocycles. The molecule has 5 heteroatoms. The van der Waals surface area contributed by atoms with E-state index in [4.69, 9.17) is 4.74 Å². The van der Waals surface area contributed by atoms with E-state index in [-0.39, 0.29) is 0 Å². The summed E-state index contributed by atoms with van der Waals surface area (Å²) in [6.07, 6.45) is 2.06. The summed E-state index contributed by atoms with van der Waals surface area (Å²) in [6, 6.07) is 6.09. The molecular formula is C13H19N3OS. The van der Waals surface area contributed by atoms with Crippen LogP contribution < -0.4 is 5.32 Å². The Kier molecular flexibility index (Phi) is 5.04. The number of methoxy groups -OCH3 is 1. The van der Waals surface area contributed by atoms with Gasteiger partial charge in [0.05, 0.1) is 12.3 Å². The van der Waals surface area contributed by atoms with E-state index in [0.29, 0.717) is 0 Å². The van der Waals surface area contributed by atoms with Crippen LogP contribution in [0.3, 0.4) is 0 Å². The molecule has 4 nitrogen and oxygen atoms in total. The Labute approximate surface area is 112 Å². The SMILES string of the molecule is CCSc1nc2ccccn2c1CNCCOC. The van der Waals surface area contributed by atoms with Gasteiger partial charge in [0.1, 0.15) is 10.7 Å². The number of hydrogen-bond donors (Lipinski definition) is 1. The maximum Gasteiger partial charge on any atom is 0.138 e. The number of thioether (sulfide) groups is 1. The molecule has 98 valence electrons. The lowest BCUT2D eigenvalue weighted by atomic mass is 10.4. The number of nitrogens with zero attached hydrogens (tertiary/aromatic N) is 2. The van der Waals surface area contributed by atoms with Crippen molar-refractivity contribution in [2.24, 2.45) is 0 Å². The Bertz CT molecular complexity index is 498. The van der Waals surface area contributed by atoms with Crippen LogP contribution in [0.1, 0.15) is 12.6 Å². The van der Waals surface area contributed by atoms with Gasteiger partial charge >= 0.3 is 0 Å². The fraction of sp³-hybridized carbons (Fsp3) is 0.462. The first-order valence-electron chi connectivity index (χ1n) is 6.15. The van der Waals surface area contributed by atoms with Crippen LogP contribution in [0, 0.1) is 0 Å². The zero-order chi connectivity index (χ0) is 12.8. The van der Waals surface area contributed by atoms with Gasteiger partial charge in [-0.25, -0.2) is 4.98 Å². The number of fused-ring (bicyclic) bond motifs is 1. The molecule has 0 aliphatic rings. The van der Waals surface area contributed by atoms with Crippen molar-refractivity contribution in [1.82, 2.24) is 14.7 Å². The van der Waals surface area contributed by atoms with Gasteiger partial charge < -0.3 is 14.5 Å². The zero-order valence-electron chi connectivity index (χ0n) is 10.8. The zero-order valence-corrected chi connectivity index (χ0v) is 11.7. The topological polar surface area (TPSA) is 38.6 Å². The lowest BCUT2D eigenvalue weighted by molar-refractivity contribution is 0.199. The highest BCUT2D eigenvalue weighted by molar-refractivity contribution is 7.99. The molecule has 1 N–H and O–H groups in total. The molecule has 18 heavy (non-hydrogen) atoms. The molecule has 0 saturated heterocycles. The van der Waals surface area contributed by atoms with Gasteiger partial charge in [0.2, 0.25) is 0 Å². The minimum absolute atomic E-state index is 0.729. The maximum absolute atomic E-state index is 5.04. The number of aromatic nitrogens is 2. The number of nitrogens with one attached hydrogen (secondary N) is 1. The Morgan fingerprint density at radius 1 is 1.44 bits per heavy atom. The minimum Gasteiger partial charge on any atom is -0.383 e. The highest BCUT2D eigenvalue weighted by Crippen LogP contribution is 2.23. The molecule has 2 rings (SSSR count). The third-order valence-electron chi connectivity index (χ3n) is 2.65. The van der Waals surface area contributed by atoms with Crippen molar-refractivity contribution < 1.29 is 4.74 Å². The van der Waals surface area contributed by atoms with Crippen LogP contribution in [-0.4, -0.2) is 35.4 Å². The Morgan fingerprint density at radius 2 is 2.33 bits per heavy atom. The molecule has 0 amide bonds. The first-order valence-corrected chi connectivity index (χ1v) is 7.13. The average Bonchev–Trinajstić information content (AvgIpc) is 2.73. The van der Waals surface area contributed by atoms with Crippen molar-refractivity contribution in [3.8, 4) is 0 Å². The van der Waals surface area contributed by atoms with Gasteiger partial charge in [0.15, 0.2) is 0 Å². The van der Waals surface area contributed by atoms with Crippen molar-refractivity contribution in [3.63, 3.8) is 0 Å². The molecule has 0 saturated carbocycles. The second kappa shape index (κ2) is 6.78. The molecule has 0 radical (unpaired) electrons. The van der Waals surface area contributed by atoms with Gasteiger partial charge in [-0.3, -0.25) is 0 Å². The van der Waals surface area contributed by atoms with E-state index in [2.05, 4.69) is 27.8 Å². The smallest absolute Gasteiger partial charge is 0.138 e. The molecule has 0 spiro atoms. The molecule has 0 bridgehead atoms. The first kappa shape index (κ1) is 13.4. The van der Waals surface area contributed by atoms with Gasteiger partial charge in [0.25, 0.3) is 0 Å². The van der Waals surface area contributed by atoms with Crippen molar-refractivity contribution in [3.05, 3.63) is 30.1 Å². The normalized spacial score (nSPS) is 11.2. The summed E-state index contributed by atoms with van der Waals surface area (Å²) >= 11 is 1.79. The molecule has 0 atom stereocenters. The second-order valence-corrected chi connectivity index (χ2v) is 5.15. The minimum atomic E-state index is 0.729. The van der Waals surface area contributed by atoms with Crippen molar-refractivity contribution in [2.45, 2.75) is 18.5 Å².